The summed E-state index contributed by atoms with van der Waals surface area (Å²) >= 11 is 1.77. The van der Waals surface area contributed by atoms with Gasteiger partial charge in [-0.2, -0.15) is 5.10 Å². The standard InChI is InChI=1S/C26H27N5OS/c1-18-16-30(17-27-18)23-12-6-19(15-24(23)32-2)7-13-25-28-26-22(5-4-14-31(26)29-25)20-8-10-21(33-3)11-9-20/h6-13,15-17,22H,4-5,14H2,1-3H3/t22-/m1/s1. The molecule has 1 atom stereocenters. The van der Waals surface area contributed by atoms with Gasteiger partial charge in [0, 0.05) is 23.6 Å². The van der Waals surface area contributed by atoms with Crippen LogP contribution in [0.3, 0.4) is 0 Å². The smallest absolute Gasteiger partial charge is 0.174 e. The zero-order valence-corrected chi connectivity index (χ0v) is 19.9. The molecule has 7 heteroatoms. The van der Waals surface area contributed by atoms with Crippen molar-refractivity contribution in [2.24, 2.45) is 0 Å². The number of hydrogen-bond acceptors (Lipinski definition) is 5. The summed E-state index contributed by atoms with van der Waals surface area (Å²) in [5.74, 6) is 2.88. The van der Waals surface area contributed by atoms with Crippen LogP contribution in [0.15, 0.2) is 59.9 Å². The minimum Gasteiger partial charge on any atom is -0.495 e. The molecule has 4 aromatic rings. The minimum absolute atomic E-state index is 0.294. The first-order valence-corrected chi connectivity index (χ1v) is 12.3. The molecule has 2 aromatic heterocycles. The molecular formula is C26H27N5OS. The van der Waals surface area contributed by atoms with Gasteiger partial charge in [-0.15, -0.1) is 11.8 Å². The van der Waals surface area contributed by atoms with Gasteiger partial charge in [0.25, 0.3) is 0 Å². The van der Waals surface area contributed by atoms with Gasteiger partial charge in [-0.3, -0.25) is 0 Å². The molecule has 0 saturated carbocycles. The highest BCUT2D eigenvalue weighted by Crippen LogP contribution is 2.33. The maximum Gasteiger partial charge on any atom is 0.174 e. The molecule has 0 unspecified atom stereocenters. The molecule has 1 aliphatic heterocycles. The fraction of sp³-hybridized carbons (Fsp3) is 0.269. The normalized spacial score (nSPS) is 15.7. The molecule has 0 aliphatic carbocycles. The van der Waals surface area contributed by atoms with E-state index >= 15 is 0 Å². The van der Waals surface area contributed by atoms with E-state index in [1.165, 1.54) is 10.5 Å². The van der Waals surface area contributed by atoms with Crippen LogP contribution in [0.5, 0.6) is 5.75 Å². The molecule has 6 nitrogen and oxygen atoms in total. The van der Waals surface area contributed by atoms with Gasteiger partial charge in [0.1, 0.15) is 11.6 Å². The quantitative estimate of drug-likeness (QED) is 0.353. The Morgan fingerprint density at radius 3 is 2.70 bits per heavy atom. The first-order valence-electron chi connectivity index (χ1n) is 11.1. The Bertz CT molecular complexity index is 1290. The number of aryl methyl sites for hydroxylation is 2. The predicted octanol–water partition coefficient (Wildman–Crippen LogP) is 5.60. The molecule has 0 amide bonds. The van der Waals surface area contributed by atoms with Crippen molar-refractivity contribution < 1.29 is 4.74 Å². The van der Waals surface area contributed by atoms with Crippen molar-refractivity contribution in [1.29, 1.82) is 0 Å². The topological polar surface area (TPSA) is 57.8 Å². The Kier molecular flexibility index (Phi) is 6.05. The predicted molar refractivity (Wildman–Crippen MR) is 133 cm³/mol. The molecule has 0 radical (unpaired) electrons. The number of ether oxygens (including phenoxy) is 1. The van der Waals surface area contributed by atoms with Gasteiger partial charge in [0.2, 0.25) is 0 Å². The zero-order chi connectivity index (χ0) is 22.8. The lowest BCUT2D eigenvalue weighted by atomic mass is 9.91. The van der Waals surface area contributed by atoms with E-state index in [2.05, 4.69) is 46.3 Å². The highest BCUT2D eigenvalue weighted by molar-refractivity contribution is 7.98. The second kappa shape index (κ2) is 9.27. The number of methoxy groups -OCH3 is 1. The number of fused-ring (bicyclic) bond motifs is 1. The third-order valence-electron chi connectivity index (χ3n) is 6.03. The Labute approximate surface area is 198 Å². The molecule has 5 rings (SSSR count). The van der Waals surface area contributed by atoms with Crippen LogP contribution in [-0.4, -0.2) is 37.7 Å². The molecule has 3 heterocycles. The Balaban J connectivity index is 1.39. The van der Waals surface area contributed by atoms with Crippen LogP contribution in [0.4, 0.5) is 0 Å². The SMILES string of the molecule is COc1cc(C=Cc2nc3n(n2)CCC[C@@H]3c2ccc(SC)cc2)ccc1-n1cnc(C)c1. The van der Waals surface area contributed by atoms with E-state index in [-0.39, 0.29) is 0 Å². The van der Waals surface area contributed by atoms with Crippen LogP contribution in [-0.2, 0) is 6.54 Å². The van der Waals surface area contributed by atoms with Gasteiger partial charge in [-0.25, -0.2) is 14.6 Å². The van der Waals surface area contributed by atoms with E-state index in [1.54, 1.807) is 25.2 Å². The summed E-state index contributed by atoms with van der Waals surface area (Å²) in [4.78, 5) is 10.5. The summed E-state index contributed by atoms with van der Waals surface area (Å²) in [5, 5.41) is 4.76. The lowest BCUT2D eigenvalue weighted by Crippen LogP contribution is -2.17. The van der Waals surface area contributed by atoms with E-state index in [1.807, 2.05) is 42.0 Å². The molecule has 0 saturated heterocycles. The monoisotopic (exact) mass is 457 g/mol. The molecule has 0 spiro atoms. The summed E-state index contributed by atoms with van der Waals surface area (Å²) < 4.78 is 9.67. The number of benzene rings is 2. The van der Waals surface area contributed by atoms with Gasteiger partial charge in [0.05, 0.1) is 24.8 Å². The molecule has 168 valence electrons. The maximum atomic E-state index is 5.63. The van der Waals surface area contributed by atoms with Crippen LogP contribution in [0.25, 0.3) is 17.8 Å². The summed E-state index contributed by atoms with van der Waals surface area (Å²) in [6.45, 7) is 2.89. The number of aromatic nitrogens is 5. The van der Waals surface area contributed by atoms with Crippen molar-refractivity contribution in [2.75, 3.05) is 13.4 Å². The first-order chi connectivity index (χ1) is 16.1. The fourth-order valence-electron chi connectivity index (χ4n) is 4.33. The third-order valence-corrected chi connectivity index (χ3v) is 6.77. The van der Waals surface area contributed by atoms with E-state index in [9.17, 15) is 0 Å². The van der Waals surface area contributed by atoms with Crippen LogP contribution in [0.1, 0.15) is 47.2 Å². The van der Waals surface area contributed by atoms with Crippen LogP contribution in [0.2, 0.25) is 0 Å². The van der Waals surface area contributed by atoms with Crippen molar-refractivity contribution in [3.63, 3.8) is 0 Å². The second-order valence-corrected chi connectivity index (χ2v) is 9.09. The molecule has 1 aliphatic rings. The number of thioether (sulfide) groups is 1. The number of rotatable bonds is 6. The molecular weight excluding hydrogens is 430 g/mol. The van der Waals surface area contributed by atoms with Gasteiger partial charge >= 0.3 is 0 Å². The first kappa shape index (κ1) is 21.5. The van der Waals surface area contributed by atoms with Crippen LogP contribution in [0, 0.1) is 6.92 Å². The van der Waals surface area contributed by atoms with Crippen molar-refractivity contribution in [2.45, 2.75) is 37.1 Å². The number of nitrogens with zero attached hydrogens (tertiary/aromatic N) is 5. The summed E-state index contributed by atoms with van der Waals surface area (Å²) in [5.41, 5.74) is 4.27. The second-order valence-electron chi connectivity index (χ2n) is 8.21. The highest BCUT2D eigenvalue weighted by Gasteiger charge is 2.25. The van der Waals surface area contributed by atoms with E-state index < -0.39 is 0 Å². The van der Waals surface area contributed by atoms with Gasteiger partial charge in [0.15, 0.2) is 5.82 Å². The Hall–Kier alpha value is -3.32. The third kappa shape index (κ3) is 4.46. The average Bonchev–Trinajstić information content (AvgIpc) is 3.48. The van der Waals surface area contributed by atoms with Crippen molar-refractivity contribution in [3.8, 4) is 11.4 Å². The highest BCUT2D eigenvalue weighted by atomic mass is 32.2. The van der Waals surface area contributed by atoms with E-state index in [0.29, 0.717) is 5.92 Å². The summed E-state index contributed by atoms with van der Waals surface area (Å²) in [6.07, 6.45) is 12.1. The zero-order valence-electron chi connectivity index (χ0n) is 19.1. The van der Waals surface area contributed by atoms with Gasteiger partial charge < -0.3 is 9.30 Å². The van der Waals surface area contributed by atoms with Crippen LogP contribution >= 0.6 is 11.8 Å². The minimum atomic E-state index is 0.294. The van der Waals surface area contributed by atoms with E-state index in [0.717, 1.165) is 53.7 Å². The number of hydrogen-bond donors (Lipinski definition) is 0. The molecule has 0 fully saturated rings. The summed E-state index contributed by atoms with van der Waals surface area (Å²) in [6, 6.07) is 15.0. The van der Waals surface area contributed by atoms with Crippen molar-refractivity contribution >= 4 is 23.9 Å². The van der Waals surface area contributed by atoms with Crippen molar-refractivity contribution in [1.82, 2.24) is 24.3 Å². The largest absolute Gasteiger partial charge is 0.495 e. The van der Waals surface area contributed by atoms with Gasteiger partial charge in [-0.05, 0) is 67.5 Å². The molecule has 2 aromatic carbocycles. The van der Waals surface area contributed by atoms with E-state index in [4.69, 9.17) is 14.8 Å². The maximum absolute atomic E-state index is 5.63. The Morgan fingerprint density at radius 1 is 1.12 bits per heavy atom. The molecule has 0 N–H and O–H groups in total. The van der Waals surface area contributed by atoms with Crippen molar-refractivity contribution in [3.05, 3.63) is 83.5 Å². The Morgan fingerprint density at radius 2 is 1.97 bits per heavy atom. The van der Waals surface area contributed by atoms with Crippen LogP contribution < -0.4 is 4.74 Å². The summed E-state index contributed by atoms with van der Waals surface area (Å²) in [7, 11) is 1.69. The lowest BCUT2D eigenvalue weighted by molar-refractivity contribution is 0.413. The number of imidazole rings is 1. The lowest BCUT2D eigenvalue weighted by Gasteiger charge is -2.22. The molecule has 33 heavy (non-hydrogen) atoms. The van der Waals surface area contributed by atoms with Gasteiger partial charge in [-0.1, -0.05) is 24.3 Å². The fourth-order valence-corrected chi connectivity index (χ4v) is 4.73. The average molecular weight is 458 g/mol. The molecule has 0 bridgehead atoms.